The number of halogens is 1. The van der Waals surface area contributed by atoms with Gasteiger partial charge in [0, 0.05) is 16.6 Å². The van der Waals surface area contributed by atoms with E-state index in [1.165, 1.54) is 18.4 Å². The van der Waals surface area contributed by atoms with Gasteiger partial charge >= 0.3 is 0 Å². The zero-order chi connectivity index (χ0) is 13.7. The van der Waals surface area contributed by atoms with Crippen molar-refractivity contribution in [2.45, 2.75) is 38.3 Å². The number of ether oxygens (including phenoxy) is 2. The van der Waals surface area contributed by atoms with Crippen molar-refractivity contribution in [3.63, 3.8) is 0 Å². The molecule has 1 N–H and O–H groups in total. The zero-order valence-corrected chi connectivity index (χ0v) is 13.2. The molecule has 19 heavy (non-hydrogen) atoms. The fourth-order valence-corrected chi connectivity index (χ4v) is 3.00. The van der Waals surface area contributed by atoms with E-state index < -0.39 is 0 Å². The topological polar surface area (TPSA) is 30.5 Å². The lowest BCUT2D eigenvalue weighted by Gasteiger charge is -2.31. The first kappa shape index (κ1) is 14.8. The summed E-state index contributed by atoms with van der Waals surface area (Å²) in [5.41, 5.74) is 1.17. The Kier molecular flexibility index (Phi) is 5.67. The fourth-order valence-electron chi connectivity index (χ4n) is 2.62. The molecule has 1 heterocycles. The molecule has 1 saturated heterocycles. The van der Waals surface area contributed by atoms with E-state index >= 15 is 0 Å². The molecule has 4 heteroatoms. The van der Waals surface area contributed by atoms with Crippen LogP contribution in [0, 0.1) is 0 Å². The van der Waals surface area contributed by atoms with Crippen molar-refractivity contribution in [3.8, 4) is 5.75 Å². The van der Waals surface area contributed by atoms with Crippen molar-refractivity contribution >= 4 is 15.9 Å². The molecule has 2 rings (SSSR count). The van der Waals surface area contributed by atoms with Crippen LogP contribution in [-0.2, 0) is 4.74 Å². The molecule has 1 aliphatic rings. The third kappa shape index (κ3) is 3.71. The van der Waals surface area contributed by atoms with Gasteiger partial charge in [0.25, 0.3) is 0 Å². The SMILES string of the molecule is CCOc1ccc(Br)cc1C(NC)C1CCCCO1. The maximum Gasteiger partial charge on any atom is 0.124 e. The van der Waals surface area contributed by atoms with Crippen LogP contribution in [0.3, 0.4) is 0 Å². The minimum atomic E-state index is 0.180. The van der Waals surface area contributed by atoms with Crippen LogP contribution in [0.4, 0.5) is 0 Å². The molecular weight excluding hydrogens is 306 g/mol. The van der Waals surface area contributed by atoms with E-state index in [0.717, 1.165) is 23.2 Å². The molecule has 0 radical (unpaired) electrons. The van der Waals surface area contributed by atoms with Crippen LogP contribution in [0.15, 0.2) is 22.7 Å². The van der Waals surface area contributed by atoms with E-state index in [1.807, 2.05) is 26.1 Å². The minimum Gasteiger partial charge on any atom is -0.494 e. The Morgan fingerprint density at radius 3 is 2.95 bits per heavy atom. The Hall–Kier alpha value is -0.580. The van der Waals surface area contributed by atoms with Crippen molar-refractivity contribution in [1.82, 2.24) is 5.32 Å². The van der Waals surface area contributed by atoms with Crippen LogP contribution in [-0.4, -0.2) is 26.4 Å². The Morgan fingerprint density at radius 2 is 2.32 bits per heavy atom. The molecule has 0 spiro atoms. The Bertz CT molecular complexity index is 405. The van der Waals surface area contributed by atoms with E-state index in [2.05, 4.69) is 27.3 Å². The van der Waals surface area contributed by atoms with Gasteiger partial charge in [-0.25, -0.2) is 0 Å². The van der Waals surface area contributed by atoms with Crippen molar-refractivity contribution < 1.29 is 9.47 Å². The highest BCUT2D eigenvalue weighted by atomic mass is 79.9. The number of benzene rings is 1. The molecule has 1 aromatic rings. The molecule has 0 aromatic heterocycles. The number of rotatable bonds is 5. The lowest BCUT2D eigenvalue weighted by molar-refractivity contribution is -0.00714. The third-order valence-electron chi connectivity index (χ3n) is 3.50. The highest BCUT2D eigenvalue weighted by Gasteiger charge is 2.27. The van der Waals surface area contributed by atoms with Crippen molar-refractivity contribution in [2.24, 2.45) is 0 Å². The van der Waals surface area contributed by atoms with Crippen LogP contribution in [0.1, 0.15) is 37.8 Å². The second kappa shape index (κ2) is 7.27. The maximum atomic E-state index is 5.93. The Balaban J connectivity index is 2.27. The quantitative estimate of drug-likeness (QED) is 0.894. The summed E-state index contributed by atoms with van der Waals surface area (Å²) in [4.78, 5) is 0. The summed E-state index contributed by atoms with van der Waals surface area (Å²) in [6.45, 7) is 3.55. The largest absolute Gasteiger partial charge is 0.494 e. The van der Waals surface area contributed by atoms with Crippen LogP contribution < -0.4 is 10.1 Å². The summed E-state index contributed by atoms with van der Waals surface area (Å²) >= 11 is 3.54. The fraction of sp³-hybridized carbons (Fsp3) is 0.600. The van der Waals surface area contributed by atoms with Gasteiger partial charge in [-0.05, 0) is 51.4 Å². The Labute approximate surface area is 123 Å². The average molecular weight is 328 g/mol. The van der Waals surface area contributed by atoms with Gasteiger partial charge in [0.2, 0.25) is 0 Å². The third-order valence-corrected chi connectivity index (χ3v) is 4.00. The highest BCUT2D eigenvalue weighted by Crippen LogP contribution is 2.34. The summed E-state index contributed by atoms with van der Waals surface area (Å²) in [5, 5.41) is 3.39. The number of hydrogen-bond acceptors (Lipinski definition) is 3. The second-order valence-electron chi connectivity index (χ2n) is 4.79. The minimum absolute atomic E-state index is 0.180. The van der Waals surface area contributed by atoms with Gasteiger partial charge in [-0.1, -0.05) is 15.9 Å². The first-order valence-corrected chi connectivity index (χ1v) is 7.76. The van der Waals surface area contributed by atoms with Crippen molar-refractivity contribution in [3.05, 3.63) is 28.2 Å². The van der Waals surface area contributed by atoms with Gasteiger partial charge < -0.3 is 14.8 Å². The molecule has 2 unspecified atom stereocenters. The molecule has 106 valence electrons. The van der Waals surface area contributed by atoms with Gasteiger partial charge in [-0.15, -0.1) is 0 Å². The summed E-state index contributed by atoms with van der Waals surface area (Å²) in [6, 6.07) is 6.35. The summed E-state index contributed by atoms with van der Waals surface area (Å²) in [5.74, 6) is 0.944. The van der Waals surface area contributed by atoms with Crippen LogP contribution in [0.25, 0.3) is 0 Å². The first-order chi connectivity index (χ1) is 9.26. The molecular formula is C15H22BrNO2. The molecule has 2 atom stereocenters. The summed E-state index contributed by atoms with van der Waals surface area (Å²) in [6.07, 6.45) is 3.74. The molecule has 0 saturated carbocycles. The molecule has 1 fully saturated rings. The van der Waals surface area contributed by atoms with Crippen LogP contribution in [0.5, 0.6) is 5.75 Å². The predicted octanol–water partition coefficient (Wildman–Crippen LogP) is 3.68. The molecule has 0 bridgehead atoms. The number of nitrogens with one attached hydrogen (secondary N) is 1. The predicted molar refractivity (Wildman–Crippen MR) is 80.7 cm³/mol. The summed E-state index contributed by atoms with van der Waals surface area (Å²) in [7, 11) is 1.99. The average Bonchev–Trinajstić information content (AvgIpc) is 2.44. The molecule has 0 aliphatic carbocycles. The number of hydrogen-bond donors (Lipinski definition) is 1. The van der Waals surface area contributed by atoms with Crippen LogP contribution >= 0.6 is 15.9 Å². The number of likely N-dealkylation sites (N-methyl/N-ethyl adjacent to an activating group) is 1. The molecule has 0 amide bonds. The smallest absolute Gasteiger partial charge is 0.124 e. The zero-order valence-electron chi connectivity index (χ0n) is 11.6. The van der Waals surface area contributed by atoms with Gasteiger partial charge in [-0.3, -0.25) is 0 Å². The lowest BCUT2D eigenvalue weighted by Crippen LogP contribution is -2.34. The van der Waals surface area contributed by atoms with E-state index in [1.54, 1.807) is 0 Å². The lowest BCUT2D eigenvalue weighted by atomic mass is 9.95. The normalized spacial score (nSPS) is 21.1. The van der Waals surface area contributed by atoms with Gasteiger partial charge in [-0.2, -0.15) is 0 Å². The standard InChI is InChI=1S/C15H22BrNO2/c1-3-18-13-8-7-11(16)10-12(13)15(17-2)14-6-4-5-9-19-14/h7-8,10,14-15,17H,3-6,9H2,1-2H3. The van der Waals surface area contributed by atoms with E-state index in [9.17, 15) is 0 Å². The second-order valence-corrected chi connectivity index (χ2v) is 5.70. The van der Waals surface area contributed by atoms with Crippen molar-refractivity contribution in [2.75, 3.05) is 20.3 Å². The maximum absolute atomic E-state index is 5.93. The highest BCUT2D eigenvalue weighted by molar-refractivity contribution is 9.10. The van der Waals surface area contributed by atoms with Gasteiger partial charge in [0.1, 0.15) is 5.75 Å². The monoisotopic (exact) mass is 327 g/mol. The van der Waals surface area contributed by atoms with Gasteiger partial charge in [0.05, 0.1) is 18.8 Å². The Morgan fingerprint density at radius 1 is 1.47 bits per heavy atom. The molecule has 1 aromatic carbocycles. The summed E-state index contributed by atoms with van der Waals surface area (Å²) < 4.78 is 12.7. The molecule has 1 aliphatic heterocycles. The van der Waals surface area contributed by atoms with Gasteiger partial charge in [0.15, 0.2) is 0 Å². The first-order valence-electron chi connectivity index (χ1n) is 6.97. The van der Waals surface area contributed by atoms with E-state index in [4.69, 9.17) is 9.47 Å². The molecule has 3 nitrogen and oxygen atoms in total. The van der Waals surface area contributed by atoms with E-state index in [0.29, 0.717) is 6.61 Å². The van der Waals surface area contributed by atoms with Crippen molar-refractivity contribution in [1.29, 1.82) is 0 Å². The van der Waals surface area contributed by atoms with Crippen LogP contribution in [0.2, 0.25) is 0 Å². The van der Waals surface area contributed by atoms with E-state index in [-0.39, 0.29) is 12.1 Å².